The molecule has 4 nitrogen and oxygen atoms in total. The Morgan fingerprint density at radius 1 is 0.568 bits per heavy atom. The number of hydrogen-bond donors (Lipinski definition) is 4. The van der Waals surface area contributed by atoms with Crippen molar-refractivity contribution in [2.45, 2.75) is 31.7 Å². The molecule has 4 heteroatoms. The van der Waals surface area contributed by atoms with Gasteiger partial charge in [0.25, 0.3) is 0 Å². The van der Waals surface area contributed by atoms with Crippen LogP contribution in [0.25, 0.3) is 0 Å². The van der Waals surface area contributed by atoms with Gasteiger partial charge in [0.15, 0.2) is 0 Å². The van der Waals surface area contributed by atoms with Crippen LogP contribution in [0.3, 0.4) is 0 Å². The number of dihydropyridines is 1. The Bertz CT molecular complexity index is 1200. The van der Waals surface area contributed by atoms with Gasteiger partial charge in [-0.15, -0.1) is 0 Å². The third-order valence-corrected chi connectivity index (χ3v) is 6.15. The Hall–Kier alpha value is -4.12. The molecule has 1 heterocycles. The van der Waals surface area contributed by atoms with Gasteiger partial charge in [-0.2, -0.15) is 0 Å². The summed E-state index contributed by atoms with van der Waals surface area (Å²) in [6.07, 6.45) is 6.68. The maximum absolute atomic E-state index is 6.03. The summed E-state index contributed by atoms with van der Waals surface area (Å²) in [6, 6.07) is 41.7. The third kappa shape index (κ3) is 8.80. The fraction of sp³-hybridized carbons (Fsp3) is 0.152. The lowest BCUT2D eigenvalue weighted by Gasteiger charge is -2.35. The molecule has 0 aromatic heterocycles. The van der Waals surface area contributed by atoms with E-state index in [0.717, 1.165) is 31.8 Å². The van der Waals surface area contributed by atoms with Crippen molar-refractivity contribution in [3.05, 3.63) is 168 Å². The molecule has 0 spiro atoms. The normalized spacial score (nSPS) is 16.2. The Morgan fingerprint density at radius 2 is 1.00 bits per heavy atom. The standard InChI is InChI=1S/C19H21N3.C14H15N/c20-18-11-12-21-19(14-18,13-16-7-3-1-4-8-16)22-15-17-9-5-2-6-10-17;1-3-7-13(8-4-1)11-15-12-14-9-5-2-6-10-14/h1-12,14,21-22H,13,15,20H2;1-10,15H,11-12H2. The SMILES string of the molecule is NC1=CC(Cc2ccccc2)(NCc2ccccc2)NC=C1.c1ccc(CNCc2ccccc2)cc1. The molecule has 1 aliphatic heterocycles. The largest absolute Gasteiger partial charge is 0.399 e. The summed E-state index contributed by atoms with van der Waals surface area (Å²) in [7, 11) is 0. The molecule has 0 aliphatic carbocycles. The fourth-order valence-corrected chi connectivity index (χ4v) is 4.24. The third-order valence-electron chi connectivity index (χ3n) is 6.15. The highest BCUT2D eigenvalue weighted by atomic mass is 15.2. The minimum absolute atomic E-state index is 0.365. The lowest BCUT2D eigenvalue weighted by molar-refractivity contribution is 0.350. The van der Waals surface area contributed by atoms with Crippen molar-refractivity contribution in [3.8, 4) is 0 Å². The van der Waals surface area contributed by atoms with Crippen LogP contribution in [0, 0.1) is 0 Å². The van der Waals surface area contributed by atoms with Crippen LogP contribution in [0.1, 0.15) is 22.3 Å². The second-order valence-electron chi connectivity index (χ2n) is 9.17. The van der Waals surface area contributed by atoms with Crippen LogP contribution >= 0.6 is 0 Å². The van der Waals surface area contributed by atoms with Gasteiger partial charge in [0, 0.05) is 38.0 Å². The van der Waals surface area contributed by atoms with Gasteiger partial charge in [0.1, 0.15) is 5.66 Å². The van der Waals surface area contributed by atoms with E-state index in [0.29, 0.717) is 0 Å². The van der Waals surface area contributed by atoms with E-state index in [-0.39, 0.29) is 5.66 Å². The molecule has 5 rings (SSSR count). The van der Waals surface area contributed by atoms with Crippen molar-refractivity contribution >= 4 is 0 Å². The maximum atomic E-state index is 6.03. The van der Waals surface area contributed by atoms with Crippen LogP contribution in [0.4, 0.5) is 0 Å². The highest BCUT2D eigenvalue weighted by Gasteiger charge is 2.28. The molecule has 0 bridgehead atoms. The van der Waals surface area contributed by atoms with E-state index in [4.69, 9.17) is 5.73 Å². The lowest BCUT2D eigenvalue weighted by atomic mass is 9.96. The van der Waals surface area contributed by atoms with E-state index in [9.17, 15) is 0 Å². The summed E-state index contributed by atoms with van der Waals surface area (Å²) >= 11 is 0. The van der Waals surface area contributed by atoms with Crippen molar-refractivity contribution in [1.29, 1.82) is 0 Å². The topological polar surface area (TPSA) is 62.1 Å². The van der Waals surface area contributed by atoms with Gasteiger partial charge in [0.05, 0.1) is 0 Å². The van der Waals surface area contributed by atoms with Gasteiger partial charge in [0.2, 0.25) is 0 Å². The predicted molar refractivity (Wildman–Crippen MR) is 154 cm³/mol. The van der Waals surface area contributed by atoms with Crippen molar-refractivity contribution in [3.63, 3.8) is 0 Å². The minimum Gasteiger partial charge on any atom is -0.399 e. The molecule has 4 aromatic carbocycles. The van der Waals surface area contributed by atoms with Gasteiger partial charge in [-0.25, -0.2) is 0 Å². The second kappa shape index (κ2) is 13.8. The first-order valence-corrected chi connectivity index (χ1v) is 12.7. The van der Waals surface area contributed by atoms with Crippen molar-refractivity contribution < 1.29 is 0 Å². The Morgan fingerprint density at radius 3 is 1.46 bits per heavy atom. The molecule has 1 aliphatic rings. The molecule has 4 aromatic rings. The summed E-state index contributed by atoms with van der Waals surface area (Å²) in [6.45, 7) is 2.63. The Balaban J connectivity index is 0.000000186. The fourth-order valence-electron chi connectivity index (χ4n) is 4.24. The zero-order valence-corrected chi connectivity index (χ0v) is 21.2. The zero-order chi connectivity index (χ0) is 25.6. The summed E-state index contributed by atoms with van der Waals surface area (Å²) in [5.41, 5.74) is 11.6. The number of nitrogens with two attached hydrogens (primary N) is 1. The number of benzene rings is 4. The van der Waals surface area contributed by atoms with Crippen molar-refractivity contribution in [1.82, 2.24) is 16.0 Å². The molecule has 5 N–H and O–H groups in total. The molecule has 0 radical (unpaired) electrons. The Labute approximate surface area is 220 Å². The van der Waals surface area contributed by atoms with Crippen molar-refractivity contribution in [2.75, 3.05) is 0 Å². The van der Waals surface area contributed by atoms with Crippen LogP contribution < -0.4 is 21.7 Å². The van der Waals surface area contributed by atoms with Crippen LogP contribution in [-0.4, -0.2) is 5.66 Å². The van der Waals surface area contributed by atoms with Crippen LogP contribution in [0.15, 0.2) is 145 Å². The molecule has 0 fully saturated rings. The van der Waals surface area contributed by atoms with Crippen LogP contribution in [0.5, 0.6) is 0 Å². The highest BCUT2D eigenvalue weighted by molar-refractivity contribution is 5.30. The molecule has 1 unspecified atom stereocenters. The van der Waals surface area contributed by atoms with Crippen molar-refractivity contribution in [2.24, 2.45) is 5.73 Å². The average Bonchev–Trinajstić information content (AvgIpc) is 2.95. The molecule has 0 saturated heterocycles. The van der Waals surface area contributed by atoms with E-state index >= 15 is 0 Å². The molecule has 1 atom stereocenters. The quantitative estimate of drug-likeness (QED) is 0.246. The van der Waals surface area contributed by atoms with Gasteiger partial charge in [-0.05, 0) is 34.4 Å². The van der Waals surface area contributed by atoms with E-state index in [1.807, 2.05) is 36.5 Å². The molecule has 188 valence electrons. The van der Waals surface area contributed by atoms with Gasteiger partial charge in [-0.3, -0.25) is 5.32 Å². The molecule has 0 saturated carbocycles. The van der Waals surface area contributed by atoms with E-state index in [1.165, 1.54) is 22.3 Å². The summed E-state index contributed by atoms with van der Waals surface area (Å²) in [4.78, 5) is 0. The van der Waals surface area contributed by atoms with Gasteiger partial charge >= 0.3 is 0 Å². The summed E-state index contributed by atoms with van der Waals surface area (Å²) in [5.74, 6) is 0. The first-order chi connectivity index (χ1) is 18.2. The Kier molecular flexibility index (Phi) is 9.70. The minimum atomic E-state index is -0.365. The molecular formula is C33H36N4. The van der Waals surface area contributed by atoms with E-state index in [1.54, 1.807) is 0 Å². The number of allylic oxidation sites excluding steroid dienone is 1. The lowest BCUT2D eigenvalue weighted by Crippen LogP contribution is -2.56. The first kappa shape index (κ1) is 26.0. The van der Waals surface area contributed by atoms with Gasteiger partial charge in [-0.1, -0.05) is 121 Å². The zero-order valence-electron chi connectivity index (χ0n) is 21.2. The average molecular weight is 489 g/mol. The molecule has 0 amide bonds. The molecular weight excluding hydrogens is 452 g/mol. The molecule has 37 heavy (non-hydrogen) atoms. The number of rotatable bonds is 9. The summed E-state index contributed by atoms with van der Waals surface area (Å²) in [5, 5.41) is 10.5. The summed E-state index contributed by atoms with van der Waals surface area (Å²) < 4.78 is 0. The number of nitrogens with one attached hydrogen (secondary N) is 3. The first-order valence-electron chi connectivity index (χ1n) is 12.7. The van der Waals surface area contributed by atoms with Crippen LogP contribution in [-0.2, 0) is 26.1 Å². The van der Waals surface area contributed by atoms with Crippen LogP contribution in [0.2, 0.25) is 0 Å². The second-order valence-corrected chi connectivity index (χ2v) is 9.17. The smallest absolute Gasteiger partial charge is 0.114 e. The van der Waals surface area contributed by atoms with Gasteiger partial charge < -0.3 is 16.4 Å². The predicted octanol–water partition coefficient (Wildman–Crippen LogP) is 5.65. The highest BCUT2D eigenvalue weighted by Crippen LogP contribution is 2.18. The monoisotopic (exact) mass is 488 g/mol. The van der Waals surface area contributed by atoms with E-state index < -0.39 is 0 Å². The van der Waals surface area contributed by atoms with E-state index in [2.05, 4.69) is 119 Å². The number of hydrogen-bond acceptors (Lipinski definition) is 4. The maximum Gasteiger partial charge on any atom is 0.114 e.